The highest BCUT2D eigenvalue weighted by atomic mass is 16.5. The van der Waals surface area contributed by atoms with Crippen molar-refractivity contribution in [2.45, 2.75) is 64.0 Å². The molecular weight excluding hydrogens is 699 g/mol. The van der Waals surface area contributed by atoms with Crippen LogP contribution in [0.2, 0.25) is 0 Å². The number of fused-ring (bicyclic) bond motifs is 1. The number of carbonyl (C=O) groups is 3. The van der Waals surface area contributed by atoms with Gasteiger partial charge in [-0.15, -0.1) is 0 Å². The van der Waals surface area contributed by atoms with Crippen molar-refractivity contribution in [2.24, 2.45) is 177 Å². The van der Waals surface area contributed by atoms with E-state index < -0.39 is 17.5 Å². The Kier molecular flexibility index (Phi) is 5.11. The second-order valence-electron chi connectivity index (χ2n) is 24.5. The van der Waals surface area contributed by atoms with Crippen molar-refractivity contribution in [3.05, 3.63) is 11.6 Å². The molecule has 1 spiro atoms. The maximum atomic E-state index is 15.0. The molecule has 0 aromatic rings. The predicted octanol–water partition coefficient (Wildman–Crippen LogP) is 5.68. The number of likely N-dealkylation sites (tertiary alicyclic amines) is 1. The van der Waals surface area contributed by atoms with Crippen LogP contribution in [-0.2, 0) is 28.6 Å². The third-order valence-electron chi connectivity index (χ3n) is 25.2. The molecule has 32 atom stereocenters. The summed E-state index contributed by atoms with van der Waals surface area (Å²) in [7, 11) is 3.10. The zero-order valence-corrected chi connectivity index (χ0v) is 33.2. The van der Waals surface area contributed by atoms with E-state index in [9.17, 15) is 14.4 Å². The molecule has 16 aliphatic carbocycles. The minimum atomic E-state index is -0.652. The van der Waals surface area contributed by atoms with E-state index in [4.69, 9.17) is 14.2 Å². The molecule has 0 radical (unpaired) electrons. The van der Waals surface area contributed by atoms with E-state index in [2.05, 4.69) is 6.08 Å². The highest BCUT2D eigenvalue weighted by molar-refractivity contribution is 5.86. The van der Waals surface area contributed by atoms with Crippen LogP contribution in [0.5, 0.6) is 0 Å². The topological polar surface area (TPSA) is 82.1 Å². The van der Waals surface area contributed by atoms with Crippen molar-refractivity contribution in [2.75, 3.05) is 27.4 Å². The van der Waals surface area contributed by atoms with Gasteiger partial charge in [-0.1, -0.05) is 11.6 Å². The Morgan fingerprint density at radius 2 is 1.09 bits per heavy atom. The molecular formula is C49H59NO6. The highest BCUT2D eigenvalue weighted by Gasteiger charge is 2.91. The molecule has 1 heterocycles. The third kappa shape index (κ3) is 2.71. The first-order chi connectivity index (χ1) is 27.4. The zero-order valence-electron chi connectivity index (χ0n) is 33.2. The minimum absolute atomic E-state index is 0.0187. The maximum Gasteiger partial charge on any atom is 0.324 e. The van der Waals surface area contributed by atoms with Gasteiger partial charge in [0.1, 0.15) is 12.1 Å². The van der Waals surface area contributed by atoms with Crippen molar-refractivity contribution in [1.29, 1.82) is 0 Å². The molecule has 0 amide bonds. The number of allylic oxidation sites excluding steroid dienone is 1. The third-order valence-corrected chi connectivity index (χ3v) is 25.2. The van der Waals surface area contributed by atoms with Crippen LogP contribution in [0.3, 0.4) is 0 Å². The van der Waals surface area contributed by atoms with Crippen LogP contribution >= 0.6 is 0 Å². The van der Waals surface area contributed by atoms with Gasteiger partial charge in [0.15, 0.2) is 0 Å². The number of hydrogen-bond acceptors (Lipinski definition) is 7. The number of ether oxygens (including phenoxy) is 3. The van der Waals surface area contributed by atoms with Gasteiger partial charge in [0.25, 0.3) is 0 Å². The summed E-state index contributed by atoms with van der Waals surface area (Å²) in [6.45, 7) is 2.09. The van der Waals surface area contributed by atoms with Crippen molar-refractivity contribution in [3.63, 3.8) is 0 Å². The normalized spacial score (nSPS) is 70.2. The molecule has 296 valence electrons. The predicted molar refractivity (Wildman–Crippen MR) is 199 cm³/mol. The van der Waals surface area contributed by atoms with E-state index >= 15 is 0 Å². The lowest BCUT2D eigenvalue weighted by Crippen LogP contribution is -2.63. The van der Waals surface area contributed by atoms with Gasteiger partial charge in [0.05, 0.1) is 27.4 Å². The summed E-state index contributed by atoms with van der Waals surface area (Å²) in [6.07, 6.45) is 12.9. The Hall–Kier alpha value is -1.89. The van der Waals surface area contributed by atoms with Gasteiger partial charge in [0, 0.05) is 5.41 Å². The molecule has 0 N–H and O–H groups in total. The number of nitrogens with zero attached hydrogens (tertiary/aromatic N) is 1. The van der Waals surface area contributed by atoms with Crippen molar-refractivity contribution >= 4 is 17.9 Å². The largest absolute Gasteiger partial charge is 0.468 e. The van der Waals surface area contributed by atoms with Crippen LogP contribution in [-0.4, -0.2) is 62.3 Å². The molecule has 1 saturated heterocycles. The SMILES string of the molecule is CCOC(=O)CN1C(C(=O)OC)C2C3CC4CC5CC6CC7CC8CC9CC%10=CC2(C2C%11C%10C9C9C8C8C7C6C6C5C5C4C3C2C2C5C6C8C9C2%11)C1C(=O)OC. The van der Waals surface area contributed by atoms with Gasteiger partial charge in [-0.25, -0.2) is 0 Å². The van der Waals surface area contributed by atoms with Crippen molar-refractivity contribution in [3.8, 4) is 0 Å². The summed E-state index contributed by atoms with van der Waals surface area (Å²) < 4.78 is 17.5. The molecule has 7 heteroatoms. The Morgan fingerprint density at radius 1 is 0.589 bits per heavy atom. The van der Waals surface area contributed by atoms with Crippen LogP contribution in [0, 0.1) is 177 Å². The maximum absolute atomic E-state index is 15.0. The monoisotopic (exact) mass is 757 g/mol. The lowest BCUT2D eigenvalue weighted by atomic mass is 9.40. The Balaban J connectivity index is 0.987. The lowest BCUT2D eigenvalue weighted by molar-refractivity contribution is -0.167. The van der Waals surface area contributed by atoms with Gasteiger partial charge >= 0.3 is 17.9 Å². The molecule has 56 heavy (non-hydrogen) atoms. The van der Waals surface area contributed by atoms with Crippen LogP contribution in [0.15, 0.2) is 11.6 Å². The number of rotatable bonds is 5. The average Bonchev–Trinajstić information content (AvgIpc) is 4.04. The quantitative estimate of drug-likeness (QED) is 0.203. The summed E-state index contributed by atoms with van der Waals surface area (Å²) in [5, 5.41) is 0. The van der Waals surface area contributed by atoms with Gasteiger partial charge in [-0.05, 0) is 223 Å². The van der Waals surface area contributed by atoms with Crippen LogP contribution < -0.4 is 0 Å². The van der Waals surface area contributed by atoms with Crippen LogP contribution in [0.25, 0.3) is 0 Å². The Morgan fingerprint density at radius 3 is 1.70 bits per heavy atom. The van der Waals surface area contributed by atoms with Gasteiger partial charge in [0.2, 0.25) is 0 Å². The number of methoxy groups -OCH3 is 2. The number of hydrogen-bond donors (Lipinski definition) is 0. The summed E-state index contributed by atoms with van der Waals surface area (Å²) in [5.41, 5.74) is 1.21. The van der Waals surface area contributed by atoms with Crippen molar-refractivity contribution < 1.29 is 28.6 Å². The van der Waals surface area contributed by atoms with E-state index in [1.807, 2.05) is 11.8 Å². The van der Waals surface area contributed by atoms with Gasteiger partial charge in [-0.3, -0.25) is 19.3 Å². The van der Waals surface area contributed by atoms with Gasteiger partial charge < -0.3 is 14.2 Å². The highest BCUT2D eigenvalue weighted by Crippen LogP contribution is 2.93. The van der Waals surface area contributed by atoms with E-state index in [0.29, 0.717) is 35.5 Å². The number of carbonyl (C=O) groups excluding carboxylic acids is 3. The lowest BCUT2D eigenvalue weighted by Gasteiger charge is -2.63. The second-order valence-corrected chi connectivity index (χ2v) is 24.5. The molecule has 15 saturated carbocycles. The van der Waals surface area contributed by atoms with Gasteiger partial charge in [-0.2, -0.15) is 0 Å². The molecule has 0 bridgehead atoms. The van der Waals surface area contributed by atoms with Crippen LogP contribution in [0.1, 0.15) is 51.9 Å². The molecule has 16 fully saturated rings. The van der Waals surface area contributed by atoms with E-state index in [1.165, 1.54) is 25.7 Å². The van der Waals surface area contributed by atoms with E-state index in [1.54, 1.807) is 39.1 Å². The Labute approximate surface area is 330 Å². The smallest absolute Gasteiger partial charge is 0.324 e. The first-order valence-electron chi connectivity index (χ1n) is 24.2. The van der Waals surface area contributed by atoms with E-state index in [-0.39, 0.29) is 37.0 Å². The van der Waals surface area contributed by atoms with Crippen molar-refractivity contribution in [1.82, 2.24) is 4.90 Å². The standard InChI is InChI=1S/C49H59NO6/c1-4-56-22(51)13-50-45(47(52)54-2)43-21-11-19-9-17-7-15-5-14-6-16-8-18-10-20-12-49(43,46(50)48(53)55-3)44-41-29(20)25(18)33-27(16)31-23(14)24(15)32-28(17)34-26(19)30(21)42(44)40-38(34)36(32)35(31)37(33)39(40)41/h12,14-19,21,23-46H,4-11,13H2,1-3H3. The molecule has 0 aromatic heterocycles. The van der Waals surface area contributed by atoms with Crippen LogP contribution in [0.4, 0.5) is 0 Å². The second kappa shape index (κ2) is 9.21. The average molecular weight is 758 g/mol. The summed E-state index contributed by atoms with van der Waals surface area (Å²) in [4.78, 5) is 45.5. The first kappa shape index (κ1) is 31.1. The molecule has 7 nitrogen and oxygen atoms in total. The molecule has 32 unspecified atom stereocenters. The fraction of sp³-hybridized carbons (Fsp3) is 0.898. The van der Waals surface area contributed by atoms with E-state index in [0.717, 1.165) is 130 Å². The minimum Gasteiger partial charge on any atom is -0.468 e. The summed E-state index contributed by atoms with van der Waals surface area (Å²) in [6, 6.07) is -1.28. The number of esters is 3. The fourth-order valence-electron chi connectivity index (χ4n) is 26.9. The molecule has 17 rings (SSSR count). The fourth-order valence-corrected chi connectivity index (χ4v) is 26.9. The first-order valence-corrected chi connectivity index (χ1v) is 24.2. The Bertz CT molecular complexity index is 2010. The molecule has 0 aromatic carbocycles. The molecule has 1 aliphatic heterocycles. The summed E-state index contributed by atoms with van der Waals surface area (Å²) >= 11 is 0. The zero-order chi connectivity index (χ0) is 36.5. The summed E-state index contributed by atoms with van der Waals surface area (Å²) in [5.74, 6) is 23.3. The molecule has 17 aliphatic rings.